The molecule has 0 unspecified atom stereocenters. The number of alkyl halides is 3. The number of anilines is 1. The van der Waals surface area contributed by atoms with E-state index in [0.717, 1.165) is 12.1 Å². The summed E-state index contributed by atoms with van der Waals surface area (Å²) in [6, 6.07) is 11.1. The molecule has 0 aliphatic carbocycles. The fourth-order valence-electron chi connectivity index (χ4n) is 2.67. The van der Waals surface area contributed by atoms with Gasteiger partial charge in [-0.1, -0.05) is 24.3 Å². The molecule has 140 valence electrons. The number of hydrogen-bond acceptors (Lipinski definition) is 4. The topological polar surface area (TPSA) is 76.0 Å². The van der Waals surface area contributed by atoms with Crippen molar-refractivity contribution in [2.24, 2.45) is 0 Å². The van der Waals surface area contributed by atoms with E-state index in [9.17, 15) is 22.8 Å². The van der Waals surface area contributed by atoms with E-state index in [1.54, 1.807) is 31.2 Å². The molecular formula is C18H15F3N4O2. The predicted octanol–water partition coefficient (Wildman–Crippen LogP) is 3.19. The van der Waals surface area contributed by atoms with Crippen molar-refractivity contribution < 1.29 is 18.0 Å². The van der Waals surface area contributed by atoms with Crippen LogP contribution in [0.25, 0.3) is 10.9 Å². The number of aromatic nitrogens is 2. The first-order valence-corrected chi connectivity index (χ1v) is 8.05. The highest BCUT2D eigenvalue weighted by Crippen LogP contribution is 2.31. The number of benzene rings is 2. The maximum atomic E-state index is 13.1. The molecular weight excluding hydrogens is 361 g/mol. The summed E-state index contributed by atoms with van der Waals surface area (Å²) in [6.45, 7) is 1.97. The van der Waals surface area contributed by atoms with Gasteiger partial charge in [0.05, 0.1) is 22.0 Å². The summed E-state index contributed by atoms with van der Waals surface area (Å²) < 4.78 is 40.5. The third kappa shape index (κ3) is 3.62. The first kappa shape index (κ1) is 18.4. The molecule has 1 amide bonds. The maximum absolute atomic E-state index is 13.1. The lowest BCUT2D eigenvalue weighted by Crippen LogP contribution is -2.35. The van der Waals surface area contributed by atoms with Crippen LogP contribution in [0.1, 0.15) is 22.8 Å². The van der Waals surface area contributed by atoms with E-state index < -0.39 is 23.2 Å². The standard InChI is InChI=1S/C18H15F3N4O2/c1-2-25-16(27)12-8-4-6-10-14(12)22-17(25)24-23-15(26)11-7-3-5-9-13(11)18(19,20)21/h3-10H,2H2,1H3,(H,22,24)(H,23,26). The van der Waals surface area contributed by atoms with Gasteiger partial charge in [0.15, 0.2) is 0 Å². The average Bonchev–Trinajstić information content (AvgIpc) is 2.65. The number of fused-ring (bicyclic) bond motifs is 1. The molecule has 0 atom stereocenters. The van der Waals surface area contributed by atoms with Crippen LogP contribution in [-0.2, 0) is 12.7 Å². The number of hydrogen-bond donors (Lipinski definition) is 2. The SMILES string of the molecule is CCn1c(NNC(=O)c2ccccc2C(F)(F)F)nc2ccccc2c1=O. The van der Waals surface area contributed by atoms with Crippen molar-refractivity contribution in [3.8, 4) is 0 Å². The molecule has 2 N–H and O–H groups in total. The highest BCUT2D eigenvalue weighted by atomic mass is 19.4. The number of carbonyl (C=O) groups is 1. The fraction of sp³-hybridized carbons (Fsp3) is 0.167. The smallest absolute Gasteiger partial charge is 0.277 e. The first-order valence-electron chi connectivity index (χ1n) is 8.05. The molecule has 0 radical (unpaired) electrons. The molecule has 0 saturated heterocycles. The molecule has 27 heavy (non-hydrogen) atoms. The monoisotopic (exact) mass is 376 g/mol. The van der Waals surface area contributed by atoms with Gasteiger partial charge in [0, 0.05) is 6.54 Å². The summed E-state index contributed by atoms with van der Waals surface area (Å²) in [4.78, 5) is 29.0. The second-order valence-corrected chi connectivity index (χ2v) is 5.62. The Morgan fingerprint density at radius 3 is 2.48 bits per heavy atom. The largest absolute Gasteiger partial charge is 0.417 e. The van der Waals surface area contributed by atoms with Gasteiger partial charge in [-0.25, -0.2) is 4.98 Å². The van der Waals surface area contributed by atoms with Crippen LogP contribution in [0.3, 0.4) is 0 Å². The van der Waals surface area contributed by atoms with Gasteiger partial charge >= 0.3 is 6.18 Å². The molecule has 0 fully saturated rings. The lowest BCUT2D eigenvalue weighted by molar-refractivity contribution is -0.137. The van der Waals surface area contributed by atoms with Crippen LogP contribution in [-0.4, -0.2) is 15.5 Å². The lowest BCUT2D eigenvalue weighted by atomic mass is 10.1. The van der Waals surface area contributed by atoms with Crippen molar-refractivity contribution in [1.29, 1.82) is 0 Å². The Bertz CT molecular complexity index is 1060. The number of halogens is 3. The zero-order valence-electron chi connectivity index (χ0n) is 14.2. The Kier molecular flexibility index (Phi) is 4.85. The molecule has 0 saturated carbocycles. The number of rotatable bonds is 4. The fourth-order valence-corrected chi connectivity index (χ4v) is 2.67. The van der Waals surface area contributed by atoms with E-state index in [-0.39, 0.29) is 18.1 Å². The summed E-state index contributed by atoms with van der Waals surface area (Å²) in [5, 5.41) is 0.402. The Morgan fingerprint density at radius 1 is 1.11 bits per heavy atom. The van der Waals surface area contributed by atoms with Crippen LogP contribution in [0, 0.1) is 0 Å². The van der Waals surface area contributed by atoms with Crippen LogP contribution in [0.15, 0.2) is 53.3 Å². The van der Waals surface area contributed by atoms with Gasteiger partial charge in [-0.05, 0) is 31.2 Å². The number of nitrogens with zero attached hydrogens (tertiary/aromatic N) is 2. The van der Waals surface area contributed by atoms with Crippen molar-refractivity contribution >= 4 is 22.8 Å². The minimum absolute atomic E-state index is 0.0269. The van der Waals surface area contributed by atoms with Crippen molar-refractivity contribution in [2.75, 3.05) is 5.43 Å². The zero-order chi connectivity index (χ0) is 19.6. The molecule has 3 rings (SSSR count). The molecule has 0 spiro atoms. The summed E-state index contributed by atoms with van der Waals surface area (Å²) in [5.74, 6) is -0.966. The van der Waals surface area contributed by atoms with E-state index in [2.05, 4.69) is 15.8 Å². The third-order valence-corrected chi connectivity index (χ3v) is 3.94. The lowest BCUT2D eigenvalue weighted by Gasteiger charge is -2.16. The Hall–Kier alpha value is -3.36. The van der Waals surface area contributed by atoms with Gasteiger partial charge in [-0.15, -0.1) is 0 Å². The van der Waals surface area contributed by atoms with E-state index in [1.807, 2.05) is 0 Å². The molecule has 2 aromatic carbocycles. The number of carbonyl (C=O) groups excluding carboxylic acids is 1. The van der Waals surface area contributed by atoms with Crippen molar-refractivity contribution in [2.45, 2.75) is 19.6 Å². The predicted molar refractivity (Wildman–Crippen MR) is 94.2 cm³/mol. The normalized spacial score (nSPS) is 11.4. The van der Waals surface area contributed by atoms with Crippen LogP contribution in [0.4, 0.5) is 19.1 Å². The van der Waals surface area contributed by atoms with Gasteiger partial charge in [0.1, 0.15) is 0 Å². The summed E-state index contributed by atoms with van der Waals surface area (Å²) >= 11 is 0. The van der Waals surface area contributed by atoms with Gasteiger partial charge in [-0.2, -0.15) is 13.2 Å². The van der Waals surface area contributed by atoms with Crippen LogP contribution < -0.4 is 16.4 Å². The highest BCUT2D eigenvalue weighted by Gasteiger charge is 2.34. The van der Waals surface area contributed by atoms with Crippen molar-refractivity contribution in [3.05, 3.63) is 70.0 Å². The zero-order valence-corrected chi connectivity index (χ0v) is 14.2. The maximum Gasteiger partial charge on any atom is 0.417 e. The van der Waals surface area contributed by atoms with E-state index in [1.165, 1.54) is 16.7 Å². The average molecular weight is 376 g/mol. The Morgan fingerprint density at radius 2 is 1.78 bits per heavy atom. The number of nitrogens with one attached hydrogen (secondary N) is 2. The van der Waals surface area contributed by atoms with Gasteiger partial charge in [-0.3, -0.25) is 25.0 Å². The second kappa shape index (κ2) is 7.10. The van der Waals surface area contributed by atoms with Crippen LogP contribution >= 0.6 is 0 Å². The van der Waals surface area contributed by atoms with E-state index >= 15 is 0 Å². The quantitative estimate of drug-likeness (QED) is 0.686. The molecule has 0 aliphatic rings. The minimum atomic E-state index is -4.67. The number of para-hydroxylation sites is 1. The van der Waals surface area contributed by atoms with Gasteiger partial charge < -0.3 is 0 Å². The Labute approximate surface area is 151 Å². The number of hydrazine groups is 1. The van der Waals surface area contributed by atoms with Crippen molar-refractivity contribution in [1.82, 2.24) is 15.0 Å². The molecule has 9 heteroatoms. The molecule has 1 aromatic heterocycles. The highest BCUT2D eigenvalue weighted by molar-refractivity contribution is 5.96. The molecule has 0 aliphatic heterocycles. The first-order chi connectivity index (χ1) is 12.8. The molecule has 0 bridgehead atoms. The summed E-state index contributed by atoms with van der Waals surface area (Å²) in [5.41, 5.74) is 3.13. The molecule has 6 nitrogen and oxygen atoms in total. The van der Waals surface area contributed by atoms with Crippen LogP contribution in [0.2, 0.25) is 0 Å². The van der Waals surface area contributed by atoms with Crippen molar-refractivity contribution in [3.63, 3.8) is 0 Å². The van der Waals surface area contributed by atoms with Gasteiger partial charge in [0.2, 0.25) is 5.95 Å². The molecule has 1 heterocycles. The summed E-state index contributed by atoms with van der Waals surface area (Å²) in [6.07, 6.45) is -4.67. The molecule has 3 aromatic rings. The second-order valence-electron chi connectivity index (χ2n) is 5.62. The minimum Gasteiger partial charge on any atom is -0.277 e. The van der Waals surface area contributed by atoms with E-state index in [4.69, 9.17) is 0 Å². The third-order valence-electron chi connectivity index (χ3n) is 3.94. The number of amides is 1. The Balaban J connectivity index is 1.92. The van der Waals surface area contributed by atoms with Gasteiger partial charge in [0.25, 0.3) is 11.5 Å². The van der Waals surface area contributed by atoms with Crippen LogP contribution in [0.5, 0.6) is 0 Å². The van der Waals surface area contributed by atoms with E-state index in [0.29, 0.717) is 10.9 Å². The summed E-state index contributed by atoms with van der Waals surface area (Å²) in [7, 11) is 0.